The molecule has 5 rings (SSSR count). The predicted molar refractivity (Wildman–Crippen MR) is 162 cm³/mol. The van der Waals surface area contributed by atoms with Crippen LogP contribution in [0.5, 0.6) is 0 Å². The lowest BCUT2D eigenvalue weighted by Gasteiger charge is -2.36. The number of amides is 1. The normalized spacial score (nSPS) is 22.5. The number of carbonyl (C=O) groups is 2. The third-order valence-electron chi connectivity index (χ3n) is 7.09. The van der Waals surface area contributed by atoms with Crippen molar-refractivity contribution in [1.82, 2.24) is 15.0 Å². The minimum atomic E-state index is -0.598. The molecule has 2 saturated heterocycles. The molecule has 9 N–H and O–H groups in total. The van der Waals surface area contributed by atoms with Gasteiger partial charge in [0.2, 0.25) is 23.8 Å². The third kappa shape index (κ3) is 7.49. The monoisotopic (exact) mass is 594 g/mol. The first-order chi connectivity index (χ1) is 20.1. The first-order valence-corrected chi connectivity index (χ1v) is 14.2. The summed E-state index contributed by atoms with van der Waals surface area (Å²) in [5.41, 5.74) is 20.0. The average molecular weight is 595 g/mol. The fraction of sp³-hybridized carbons (Fsp3) is 0.393. The van der Waals surface area contributed by atoms with Gasteiger partial charge in [-0.3, -0.25) is 9.59 Å². The van der Waals surface area contributed by atoms with Gasteiger partial charge >= 0.3 is 0 Å². The van der Waals surface area contributed by atoms with Crippen molar-refractivity contribution >= 4 is 52.5 Å². The Morgan fingerprint density at radius 2 is 1.45 bits per heavy atom. The number of nitrogens with two attached hydrogens (primary N) is 3. The van der Waals surface area contributed by atoms with Crippen LogP contribution in [0, 0.1) is 0 Å². The van der Waals surface area contributed by atoms with E-state index < -0.39 is 12.0 Å². The summed E-state index contributed by atoms with van der Waals surface area (Å²) in [5, 5.41) is 16.5. The molecule has 0 unspecified atom stereocenters. The second kappa shape index (κ2) is 13.0. The Bertz CT molecular complexity index is 1360. The topological polar surface area (TPSA) is 202 Å². The van der Waals surface area contributed by atoms with Crippen molar-refractivity contribution in [3.63, 3.8) is 0 Å². The molecule has 2 aliphatic rings. The van der Waals surface area contributed by atoms with Crippen LogP contribution in [-0.2, 0) is 4.79 Å². The van der Waals surface area contributed by atoms with E-state index in [2.05, 4.69) is 25.6 Å². The van der Waals surface area contributed by atoms with Crippen molar-refractivity contribution < 1.29 is 14.7 Å². The number of nitrogens with zero attached hydrogens (tertiary/aromatic N) is 5. The number of nitrogens with one attached hydrogen (secondary N) is 2. The summed E-state index contributed by atoms with van der Waals surface area (Å²) in [7, 11) is 0. The maximum Gasteiger partial charge on any atom is 0.233 e. The molecule has 4 atom stereocenters. The number of anilines is 5. The van der Waals surface area contributed by atoms with Crippen LogP contribution >= 0.6 is 11.6 Å². The van der Waals surface area contributed by atoms with Crippen LogP contribution in [0.1, 0.15) is 29.6 Å². The number of benzene rings is 2. The van der Waals surface area contributed by atoms with Crippen molar-refractivity contribution in [3.8, 4) is 0 Å². The zero-order chi connectivity index (χ0) is 29.8. The predicted octanol–water partition coefficient (Wildman–Crippen LogP) is 1.24. The summed E-state index contributed by atoms with van der Waals surface area (Å²) >= 11 is 6.09. The zero-order valence-electron chi connectivity index (χ0n) is 23.0. The van der Waals surface area contributed by atoms with Gasteiger partial charge in [-0.1, -0.05) is 23.7 Å². The Kier molecular flexibility index (Phi) is 9.14. The van der Waals surface area contributed by atoms with E-state index in [0.29, 0.717) is 72.9 Å². The van der Waals surface area contributed by atoms with Gasteiger partial charge in [0.05, 0.1) is 23.2 Å². The number of rotatable bonds is 8. The Hall–Kier alpha value is -3.88. The van der Waals surface area contributed by atoms with Crippen LogP contribution in [0.3, 0.4) is 0 Å². The minimum absolute atomic E-state index is 0.118. The van der Waals surface area contributed by atoms with Gasteiger partial charge in [0.15, 0.2) is 5.78 Å². The lowest BCUT2D eigenvalue weighted by Crippen LogP contribution is -2.53. The first-order valence-electron chi connectivity index (χ1n) is 13.8. The standard InChI is InChI=1S/C28H35ClN10O3/c29-22-3-1-2-4-23(22)34-25(42)11-24(41)16-5-7-20(8-6-16)33-26-35-27(38-12-17(30)9-18(31)13-38)37-28(36-26)39-14-19(32)10-21(40)15-39/h1-8,17-19,21,40H,9-15,30-32H2,(H,34,42)(H,33,35,36,37)/t17-,18+,19-,21+/m1/s1. The van der Waals surface area contributed by atoms with Crippen LogP contribution in [0.4, 0.5) is 29.2 Å². The molecule has 1 amide bonds. The SMILES string of the molecule is N[C@@H]1C[C@H](N)CN(c2nc(Nc3ccc(C(=O)CC(=O)Nc4ccccc4Cl)cc3)nc(N3C[C@H](N)C[C@H](O)C3)n2)C1. The first kappa shape index (κ1) is 29.6. The molecule has 42 heavy (non-hydrogen) atoms. The van der Waals surface area contributed by atoms with Crippen molar-refractivity contribution in [3.05, 3.63) is 59.1 Å². The molecule has 0 saturated carbocycles. The number of aliphatic hydroxyl groups is 1. The summed E-state index contributed by atoms with van der Waals surface area (Å²) in [6, 6.07) is 13.0. The number of ketones is 1. The quantitative estimate of drug-likeness (QED) is 0.161. The number of piperidine rings is 2. The summed E-state index contributed by atoms with van der Waals surface area (Å²) in [6.45, 7) is 1.91. The number of para-hydroxylation sites is 1. The maximum absolute atomic E-state index is 12.7. The third-order valence-corrected chi connectivity index (χ3v) is 7.42. The van der Waals surface area contributed by atoms with Gasteiger partial charge in [-0.25, -0.2) is 0 Å². The maximum atomic E-state index is 12.7. The molecule has 0 radical (unpaired) electrons. The van der Waals surface area contributed by atoms with E-state index in [1.165, 1.54) is 0 Å². The Morgan fingerprint density at radius 1 is 0.857 bits per heavy atom. The molecule has 0 spiro atoms. The van der Waals surface area contributed by atoms with Crippen molar-refractivity contribution in [2.45, 2.75) is 43.5 Å². The van der Waals surface area contributed by atoms with Gasteiger partial charge in [0.1, 0.15) is 0 Å². The molecule has 2 aliphatic heterocycles. The van der Waals surface area contributed by atoms with Gasteiger partial charge < -0.3 is 42.7 Å². The lowest BCUT2D eigenvalue weighted by molar-refractivity contribution is -0.115. The zero-order valence-corrected chi connectivity index (χ0v) is 23.7. The molecule has 13 nitrogen and oxygen atoms in total. The second-order valence-electron chi connectivity index (χ2n) is 10.8. The molecule has 2 aromatic carbocycles. The molecule has 0 aliphatic carbocycles. The fourth-order valence-corrected chi connectivity index (χ4v) is 5.36. The summed E-state index contributed by atoms with van der Waals surface area (Å²) < 4.78 is 0. The average Bonchev–Trinajstić information content (AvgIpc) is 2.93. The van der Waals surface area contributed by atoms with Crippen LogP contribution < -0.4 is 37.6 Å². The van der Waals surface area contributed by atoms with Crippen LogP contribution in [0.2, 0.25) is 5.02 Å². The number of Topliss-reactive ketones (excluding diaryl/α,β-unsaturated/α-hetero) is 1. The molecule has 3 aromatic rings. The highest BCUT2D eigenvalue weighted by Gasteiger charge is 2.29. The number of aromatic nitrogens is 3. The number of hydrogen-bond acceptors (Lipinski definition) is 12. The van der Waals surface area contributed by atoms with Crippen molar-refractivity contribution in [1.29, 1.82) is 0 Å². The molecule has 1 aromatic heterocycles. The Labute approximate surface area is 248 Å². The van der Waals surface area contributed by atoms with E-state index in [-0.39, 0.29) is 36.3 Å². The summed E-state index contributed by atoms with van der Waals surface area (Å²) in [5.74, 6) is 0.266. The summed E-state index contributed by atoms with van der Waals surface area (Å²) in [4.78, 5) is 42.8. The highest BCUT2D eigenvalue weighted by Crippen LogP contribution is 2.25. The number of carbonyl (C=O) groups excluding carboxylic acids is 2. The Balaban J connectivity index is 1.31. The molecule has 0 bridgehead atoms. The molecule has 14 heteroatoms. The molecular formula is C28H35ClN10O3. The molecular weight excluding hydrogens is 560 g/mol. The van der Waals surface area contributed by atoms with Crippen LogP contribution in [0.15, 0.2) is 48.5 Å². The fourth-order valence-electron chi connectivity index (χ4n) is 5.18. The van der Waals surface area contributed by atoms with E-state index in [1.807, 2.05) is 9.80 Å². The molecule has 2 fully saturated rings. The summed E-state index contributed by atoms with van der Waals surface area (Å²) in [6.07, 6.45) is 0.281. The van der Waals surface area contributed by atoms with Crippen LogP contribution in [-0.4, -0.2) is 82.2 Å². The van der Waals surface area contributed by atoms with Gasteiger partial charge in [0, 0.05) is 55.6 Å². The van der Waals surface area contributed by atoms with E-state index in [4.69, 9.17) is 28.8 Å². The van der Waals surface area contributed by atoms with E-state index in [9.17, 15) is 14.7 Å². The highest BCUT2D eigenvalue weighted by molar-refractivity contribution is 6.33. The number of hydrogen-bond donors (Lipinski definition) is 6. The van der Waals surface area contributed by atoms with Gasteiger partial charge in [-0.15, -0.1) is 0 Å². The van der Waals surface area contributed by atoms with Crippen molar-refractivity contribution in [2.24, 2.45) is 17.2 Å². The van der Waals surface area contributed by atoms with Crippen LogP contribution in [0.25, 0.3) is 0 Å². The molecule has 3 heterocycles. The molecule has 222 valence electrons. The Morgan fingerprint density at radius 3 is 2.07 bits per heavy atom. The smallest absolute Gasteiger partial charge is 0.233 e. The number of β-amino-alcohol motifs (C(OH)–C–C–N with tert-alkyl or cyclic N) is 1. The highest BCUT2D eigenvalue weighted by atomic mass is 35.5. The van der Waals surface area contributed by atoms with Crippen molar-refractivity contribution in [2.75, 3.05) is 46.6 Å². The lowest BCUT2D eigenvalue weighted by atomic mass is 10.0. The largest absolute Gasteiger partial charge is 0.391 e. The van der Waals surface area contributed by atoms with E-state index in [0.717, 1.165) is 0 Å². The number of aliphatic hydroxyl groups excluding tert-OH is 1. The van der Waals surface area contributed by atoms with Gasteiger partial charge in [-0.2, -0.15) is 15.0 Å². The van der Waals surface area contributed by atoms with Gasteiger partial charge in [0.25, 0.3) is 0 Å². The van der Waals surface area contributed by atoms with Gasteiger partial charge in [-0.05, 0) is 49.2 Å². The minimum Gasteiger partial charge on any atom is -0.391 e. The number of halogens is 1. The second-order valence-corrected chi connectivity index (χ2v) is 11.2. The van der Waals surface area contributed by atoms with E-state index >= 15 is 0 Å². The van der Waals surface area contributed by atoms with E-state index in [1.54, 1.807) is 48.5 Å².